The van der Waals surface area contributed by atoms with E-state index in [0.29, 0.717) is 5.69 Å². The summed E-state index contributed by atoms with van der Waals surface area (Å²) >= 11 is 0. The lowest BCUT2D eigenvalue weighted by atomic mass is 9.97. The number of nitrogens with two attached hydrogens (primary N) is 1. The second kappa shape index (κ2) is 5.08. The number of carbonyl (C=O) groups excluding carboxylic acids is 1. The fourth-order valence-corrected chi connectivity index (χ4v) is 2.97. The van der Waals surface area contributed by atoms with Crippen LogP contribution in [-0.2, 0) is 6.54 Å². The highest BCUT2D eigenvalue weighted by Crippen LogP contribution is 2.26. The smallest absolute Gasteiger partial charge is 0.254 e. The Labute approximate surface area is 114 Å². The highest BCUT2D eigenvalue weighted by Gasteiger charge is 2.27. The molecule has 1 amide bonds. The van der Waals surface area contributed by atoms with Gasteiger partial charge in [-0.1, -0.05) is 17.7 Å². The van der Waals surface area contributed by atoms with Gasteiger partial charge in [-0.05, 0) is 49.8 Å². The summed E-state index contributed by atoms with van der Waals surface area (Å²) in [5.74, 6) is 0.138. The standard InChI is InChI=1S/C16H20N2O/c17-14-7-6-13-11-18(16(19)15(13)10-14)9-8-12-4-2-1-3-5-12/h4,6-7,10H,1-3,5,8-9,11,17H2. The predicted molar refractivity (Wildman–Crippen MR) is 76.8 cm³/mol. The van der Waals surface area contributed by atoms with Crippen LogP contribution in [0.25, 0.3) is 0 Å². The zero-order valence-electron chi connectivity index (χ0n) is 11.2. The van der Waals surface area contributed by atoms with Crippen LogP contribution in [0.4, 0.5) is 5.69 Å². The third-order valence-electron chi connectivity index (χ3n) is 4.10. The molecule has 0 fully saturated rings. The zero-order valence-corrected chi connectivity index (χ0v) is 11.2. The molecule has 0 aromatic heterocycles. The van der Waals surface area contributed by atoms with Gasteiger partial charge in [0.25, 0.3) is 5.91 Å². The van der Waals surface area contributed by atoms with Crippen LogP contribution >= 0.6 is 0 Å². The molecule has 1 heterocycles. The van der Waals surface area contributed by atoms with Crippen LogP contribution in [0.3, 0.4) is 0 Å². The second-order valence-electron chi connectivity index (χ2n) is 5.50. The van der Waals surface area contributed by atoms with Gasteiger partial charge in [0.2, 0.25) is 0 Å². The van der Waals surface area contributed by atoms with Crippen molar-refractivity contribution in [2.75, 3.05) is 12.3 Å². The van der Waals surface area contributed by atoms with Crippen molar-refractivity contribution in [3.8, 4) is 0 Å². The minimum atomic E-state index is 0.138. The van der Waals surface area contributed by atoms with Gasteiger partial charge in [-0.3, -0.25) is 4.79 Å². The summed E-state index contributed by atoms with van der Waals surface area (Å²) in [7, 11) is 0. The number of carbonyl (C=O) groups is 1. The molecule has 1 aliphatic heterocycles. The van der Waals surface area contributed by atoms with Gasteiger partial charge in [-0.25, -0.2) is 0 Å². The van der Waals surface area contributed by atoms with Crippen LogP contribution in [0, 0.1) is 0 Å². The van der Waals surface area contributed by atoms with E-state index in [1.165, 1.54) is 31.3 Å². The minimum Gasteiger partial charge on any atom is -0.399 e. The molecule has 100 valence electrons. The van der Waals surface area contributed by atoms with Crippen LogP contribution in [0.5, 0.6) is 0 Å². The molecule has 0 atom stereocenters. The molecule has 0 spiro atoms. The fourth-order valence-electron chi connectivity index (χ4n) is 2.97. The van der Waals surface area contributed by atoms with Gasteiger partial charge < -0.3 is 10.6 Å². The SMILES string of the molecule is Nc1ccc2c(c1)C(=O)N(CCC1=CCCCC1)C2. The van der Waals surface area contributed by atoms with Crippen molar-refractivity contribution in [2.24, 2.45) is 0 Å². The number of nitrogen functional groups attached to an aromatic ring is 1. The summed E-state index contributed by atoms with van der Waals surface area (Å²) in [4.78, 5) is 14.2. The summed E-state index contributed by atoms with van der Waals surface area (Å²) in [5.41, 5.74) is 9.84. The van der Waals surface area contributed by atoms with Crippen molar-refractivity contribution in [1.82, 2.24) is 4.90 Å². The fraction of sp³-hybridized carbons (Fsp3) is 0.438. The highest BCUT2D eigenvalue weighted by molar-refractivity contribution is 5.99. The molecular weight excluding hydrogens is 236 g/mol. The number of allylic oxidation sites excluding steroid dienone is 1. The van der Waals surface area contributed by atoms with E-state index >= 15 is 0 Å². The van der Waals surface area contributed by atoms with E-state index in [9.17, 15) is 4.79 Å². The molecule has 2 N–H and O–H groups in total. The highest BCUT2D eigenvalue weighted by atomic mass is 16.2. The summed E-state index contributed by atoms with van der Waals surface area (Å²) in [6.07, 6.45) is 8.42. The maximum atomic E-state index is 12.3. The lowest BCUT2D eigenvalue weighted by molar-refractivity contribution is 0.0780. The van der Waals surface area contributed by atoms with Gasteiger partial charge in [0.15, 0.2) is 0 Å². The normalized spacial score (nSPS) is 18.4. The largest absolute Gasteiger partial charge is 0.399 e. The average molecular weight is 256 g/mol. The number of rotatable bonds is 3. The third-order valence-corrected chi connectivity index (χ3v) is 4.10. The van der Waals surface area contributed by atoms with E-state index in [0.717, 1.165) is 30.6 Å². The molecule has 0 bridgehead atoms. The Kier molecular flexibility index (Phi) is 3.28. The maximum Gasteiger partial charge on any atom is 0.254 e. The first-order valence-corrected chi connectivity index (χ1v) is 7.09. The van der Waals surface area contributed by atoms with Crippen molar-refractivity contribution < 1.29 is 4.79 Å². The van der Waals surface area contributed by atoms with E-state index in [2.05, 4.69) is 6.08 Å². The molecule has 1 aliphatic carbocycles. The van der Waals surface area contributed by atoms with Gasteiger partial charge in [0.05, 0.1) is 0 Å². The third kappa shape index (κ3) is 2.50. The van der Waals surface area contributed by atoms with E-state index in [4.69, 9.17) is 5.73 Å². The molecule has 1 aromatic rings. The Hall–Kier alpha value is -1.77. The van der Waals surface area contributed by atoms with E-state index in [1.54, 1.807) is 6.07 Å². The van der Waals surface area contributed by atoms with Crippen LogP contribution in [0.15, 0.2) is 29.8 Å². The van der Waals surface area contributed by atoms with Crippen molar-refractivity contribution in [1.29, 1.82) is 0 Å². The van der Waals surface area contributed by atoms with Crippen molar-refractivity contribution in [2.45, 2.75) is 38.6 Å². The summed E-state index contributed by atoms with van der Waals surface area (Å²) in [6, 6.07) is 5.65. The Bertz CT molecular complexity index is 534. The molecule has 19 heavy (non-hydrogen) atoms. The number of hydrogen-bond donors (Lipinski definition) is 1. The summed E-state index contributed by atoms with van der Waals surface area (Å²) in [6.45, 7) is 1.57. The Balaban J connectivity index is 1.65. The Morgan fingerprint density at radius 1 is 1.26 bits per heavy atom. The number of hydrogen-bond acceptors (Lipinski definition) is 2. The molecule has 0 saturated carbocycles. The number of fused-ring (bicyclic) bond motifs is 1. The van der Waals surface area contributed by atoms with Crippen LogP contribution in [0.1, 0.15) is 48.0 Å². The summed E-state index contributed by atoms with van der Waals surface area (Å²) < 4.78 is 0. The number of nitrogens with zero attached hydrogens (tertiary/aromatic N) is 1. The molecule has 3 nitrogen and oxygen atoms in total. The first-order chi connectivity index (χ1) is 9.24. The molecule has 3 heteroatoms. The molecule has 1 aromatic carbocycles. The van der Waals surface area contributed by atoms with Crippen molar-refractivity contribution >= 4 is 11.6 Å². The van der Waals surface area contributed by atoms with Gasteiger partial charge in [0.1, 0.15) is 0 Å². The molecule has 0 saturated heterocycles. The number of benzene rings is 1. The Morgan fingerprint density at radius 3 is 2.95 bits per heavy atom. The first kappa shape index (κ1) is 12.3. The van der Waals surface area contributed by atoms with Crippen LogP contribution in [-0.4, -0.2) is 17.4 Å². The van der Waals surface area contributed by atoms with Crippen LogP contribution in [0.2, 0.25) is 0 Å². The molecule has 2 aliphatic rings. The first-order valence-electron chi connectivity index (χ1n) is 7.09. The lowest BCUT2D eigenvalue weighted by Gasteiger charge is -2.18. The second-order valence-corrected chi connectivity index (χ2v) is 5.50. The molecule has 0 radical (unpaired) electrons. The van der Waals surface area contributed by atoms with Gasteiger partial charge in [-0.2, -0.15) is 0 Å². The zero-order chi connectivity index (χ0) is 13.2. The molecule has 0 unspecified atom stereocenters. The lowest BCUT2D eigenvalue weighted by Crippen LogP contribution is -2.25. The monoisotopic (exact) mass is 256 g/mol. The average Bonchev–Trinajstić information content (AvgIpc) is 2.74. The summed E-state index contributed by atoms with van der Waals surface area (Å²) in [5, 5.41) is 0. The number of anilines is 1. The quantitative estimate of drug-likeness (QED) is 0.667. The van der Waals surface area contributed by atoms with E-state index in [-0.39, 0.29) is 5.91 Å². The van der Waals surface area contributed by atoms with Crippen molar-refractivity contribution in [3.63, 3.8) is 0 Å². The predicted octanol–water partition coefficient (Wildman–Crippen LogP) is 3.12. The van der Waals surface area contributed by atoms with Gasteiger partial charge in [-0.15, -0.1) is 0 Å². The maximum absolute atomic E-state index is 12.3. The van der Waals surface area contributed by atoms with Crippen LogP contribution < -0.4 is 5.73 Å². The molecular formula is C16H20N2O. The minimum absolute atomic E-state index is 0.138. The number of amides is 1. The van der Waals surface area contributed by atoms with Gasteiger partial charge >= 0.3 is 0 Å². The van der Waals surface area contributed by atoms with Gasteiger partial charge in [0, 0.05) is 24.3 Å². The van der Waals surface area contributed by atoms with E-state index in [1.807, 2.05) is 17.0 Å². The van der Waals surface area contributed by atoms with E-state index < -0.39 is 0 Å². The Morgan fingerprint density at radius 2 is 2.16 bits per heavy atom. The van der Waals surface area contributed by atoms with Crippen molar-refractivity contribution in [3.05, 3.63) is 41.0 Å². The molecule has 3 rings (SSSR count). The topological polar surface area (TPSA) is 46.3 Å².